The molecule has 0 saturated carbocycles. The summed E-state index contributed by atoms with van der Waals surface area (Å²) in [7, 11) is 0. The molecule has 7 aromatic carbocycles. The van der Waals surface area contributed by atoms with Crippen molar-refractivity contribution in [1.29, 1.82) is 0 Å². The van der Waals surface area contributed by atoms with Crippen LogP contribution in [0.5, 0.6) is 0 Å². The number of fused-ring (bicyclic) bond motifs is 9. The van der Waals surface area contributed by atoms with Crippen LogP contribution in [0.15, 0.2) is 115 Å². The van der Waals surface area contributed by atoms with E-state index in [1.165, 1.54) is 124 Å². The fraction of sp³-hybridized carbons (Fsp3) is 0.191. The summed E-state index contributed by atoms with van der Waals surface area (Å²) in [5.74, 6) is 0. The number of benzene rings is 7. The molecule has 0 radical (unpaired) electrons. The highest BCUT2D eigenvalue weighted by molar-refractivity contribution is 6.94. The SMILES string of the molecule is CCCCCc1ccc2c(c1)-c1c3c4c(c5ccccc15)c1cc5ccccc5c5c1n4-c1c(cccc1C5(C)C)B3N2c1ccc(C)cc1. The van der Waals surface area contributed by atoms with Crippen LogP contribution < -0.4 is 15.7 Å². The Balaban J connectivity index is 1.39. The topological polar surface area (TPSA) is 8.17 Å². The largest absolute Gasteiger partial charge is 0.376 e. The molecule has 3 aliphatic rings. The fourth-order valence-electron chi connectivity index (χ4n) is 10.2. The van der Waals surface area contributed by atoms with E-state index >= 15 is 0 Å². The van der Waals surface area contributed by atoms with Crippen molar-refractivity contribution in [3.8, 4) is 16.8 Å². The van der Waals surface area contributed by atoms with E-state index in [0.29, 0.717) is 0 Å². The third-order valence-electron chi connectivity index (χ3n) is 12.4. The monoisotopic (exact) mass is 642 g/mol. The fourth-order valence-corrected chi connectivity index (χ4v) is 10.2. The predicted octanol–water partition coefficient (Wildman–Crippen LogP) is 11.0. The van der Waals surface area contributed by atoms with E-state index in [9.17, 15) is 0 Å². The van der Waals surface area contributed by atoms with Crippen molar-refractivity contribution in [2.24, 2.45) is 0 Å². The second kappa shape index (κ2) is 9.91. The van der Waals surface area contributed by atoms with Gasteiger partial charge in [0, 0.05) is 38.8 Å². The van der Waals surface area contributed by atoms with E-state index in [4.69, 9.17) is 0 Å². The molecule has 0 saturated heterocycles. The molecule has 3 aliphatic heterocycles. The molecule has 8 aromatic rings. The normalized spacial score (nSPS) is 14.8. The van der Waals surface area contributed by atoms with Crippen molar-refractivity contribution in [3.63, 3.8) is 0 Å². The van der Waals surface area contributed by atoms with Crippen LogP contribution in [0.1, 0.15) is 62.3 Å². The number of nitrogens with zero attached hydrogens (tertiary/aromatic N) is 2. The summed E-state index contributed by atoms with van der Waals surface area (Å²) < 4.78 is 2.72. The zero-order chi connectivity index (χ0) is 33.5. The summed E-state index contributed by atoms with van der Waals surface area (Å²) in [5.41, 5.74) is 17.8. The second-order valence-corrected chi connectivity index (χ2v) is 15.5. The second-order valence-electron chi connectivity index (χ2n) is 15.5. The van der Waals surface area contributed by atoms with Gasteiger partial charge in [0.1, 0.15) is 0 Å². The predicted molar refractivity (Wildman–Crippen MR) is 215 cm³/mol. The van der Waals surface area contributed by atoms with Gasteiger partial charge in [-0.3, -0.25) is 0 Å². The molecule has 1 aromatic heterocycles. The minimum absolute atomic E-state index is 0.0387. The lowest BCUT2D eigenvalue weighted by atomic mass is 9.43. The van der Waals surface area contributed by atoms with E-state index < -0.39 is 0 Å². The van der Waals surface area contributed by atoms with E-state index in [0.717, 1.165) is 6.42 Å². The highest BCUT2D eigenvalue weighted by Crippen LogP contribution is 2.54. The summed E-state index contributed by atoms with van der Waals surface area (Å²) in [4.78, 5) is 2.68. The van der Waals surface area contributed by atoms with Crippen LogP contribution in [0.4, 0.5) is 11.4 Å². The first kappa shape index (κ1) is 28.6. The van der Waals surface area contributed by atoms with E-state index in [2.05, 4.69) is 152 Å². The molecular formula is C47H39BN2. The number of aromatic nitrogens is 1. The van der Waals surface area contributed by atoms with Gasteiger partial charge in [-0.15, -0.1) is 0 Å². The van der Waals surface area contributed by atoms with Crippen LogP contribution in [0, 0.1) is 6.92 Å². The van der Waals surface area contributed by atoms with Gasteiger partial charge in [-0.2, -0.15) is 0 Å². The van der Waals surface area contributed by atoms with Gasteiger partial charge in [0.05, 0.1) is 11.0 Å². The van der Waals surface area contributed by atoms with Crippen LogP contribution in [-0.2, 0) is 11.8 Å². The molecule has 0 bridgehead atoms. The minimum Gasteiger partial charge on any atom is -0.376 e. The summed E-state index contributed by atoms with van der Waals surface area (Å²) in [6, 6.07) is 44.6. The van der Waals surface area contributed by atoms with Crippen LogP contribution >= 0.6 is 0 Å². The van der Waals surface area contributed by atoms with Gasteiger partial charge in [-0.25, -0.2) is 0 Å². The Morgan fingerprint density at radius 3 is 2.30 bits per heavy atom. The van der Waals surface area contributed by atoms with Gasteiger partial charge < -0.3 is 9.38 Å². The number of hydrogen-bond acceptors (Lipinski definition) is 1. The Kier molecular flexibility index (Phi) is 5.66. The van der Waals surface area contributed by atoms with Gasteiger partial charge >= 0.3 is 6.85 Å². The average molecular weight is 643 g/mol. The van der Waals surface area contributed by atoms with Crippen molar-refractivity contribution < 1.29 is 0 Å². The number of hydrogen-bond donors (Lipinski definition) is 0. The third kappa shape index (κ3) is 3.46. The molecule has 0 atom stereocenters. The molecular weight excluding hydrogens is 603 g/mol. The zero-order valence-electron chi connectivity index (χ0n) is 29.3. The number of para-hydroxylation sites is 1. The van der Waals surface area contributed by atoms with Gasteiger partial charge in [-0.1, -0.05) is 124 Å². The Morgan fingerprint density at radius 2 is 1.48 bits per heavy atom. The number of anilines is 2. The Bertz CT molecular complexity index is 2770. The standard InChI is InChI=1S/C47H39BN2/c1-5-6-7-13-29-22-25-39-35(26-29)40-33-16-10-11-17-34(33)41-36-27-30-14-8-9-15-32(30)42-44(36)49-45-37(47(42,3)4)18-12-19-38(45)48(43(40)46(41)49)50(39)31-23-20-28(2)21-24-31/h8-12,14-27H,5-7,13H2,1-4H3. The maximum Gasteiger partial charge on any atom is 0.333 e. The van der Waals surface area contributed by atoms with Crippen molar-refractivity contribution in [1.82, 2.24) is 4.57 Å². The van der Waals surface area contributed by atoms with Crippen molar-refractivity contribution in [2.45, 2.75) is 58.8 Å². The first-order chi connectivity index (χ1) is 24.5. The van der Waals surface area contributed by atoms with Crippen molar-refractivity contribution >= 4 is 72.5 Å². The molecule has 0 spiro atoms. The van der Waals surface area contributed by atoms with Gasteiger partial charge in [0.2, 0.25) is 0 Å². The molecule has 11 rings (SSSR count). The number of aryl methyl sites for hydroxylation is 2. The van der Waals surface area contributed by atoms with Crippen molar-refractivity contribution in [2.75, 3.05) is 4.81 Å². The molecule has 4 heterocycles. The third-order valence-corrected chi connectivity index (χ3v) is 12.4. The van der Waals surface area contributed by atoms with Gasteiger partial charge in [0.25, 0.3) is 0 Å². The maximum atomic E-state index is 2.72. The molecule has 50 heavy (non-hydrogen) atoms. The highest BCUT2D eigenvalue weighted by atomic mass is 15.1. The molecule has 0 amide bonds. The Labute approximate surface area is 294 Å². The van der Waals surface area contributed by atoms with Gasteiger partial charge in [0.15, 0.2) is 0 Å². The maximum absolute atomic E-state index is 2.72. The zero-order valence-corrected chi connectivity index (χ0v) is 29.3. The molecule has 0 N–H and O–H groups in total. The molecule has 0 unspecified atom stereocenters. The first-order valence-electron chi connectivity index (χ1n) is 18.5. The smallest absolute Gasteiger partial charge is 0.333 e. The molecule has 240 valence electrons. The Morgan fingerprint density at radius 1 is 0.700 bits per heavy atom. The molecule has 0 fully saturated rings. The summed E-state index contributed by atoms with van der Waals surface area (Å²) in [5, 5.41) is 8.18. The van der Waals surface area contributed by atoms with Crippen LogP contribution in [-0.4, -0.2) is 11.4 Å². The highest BCUT2D eigenvalue weighted by Gasteiger charge is 2.48. The minimum atomic E-state index is -0.181. The number of rotatable bonds is 5. The van der Waals surface area contributed by atoms with Crippen molar-refractivity contribution in [3.05, 3.63) is 138 Å². The Hall–Kier alpha value is -5.28. The van der Waals surface area contributed by atoms with E-state index in [1.807, 2.05) is 0 Å². The first-order valence-corrected chi connectivity index (χ1v) is 18.5. The van der Waals surface area contributed by atoms with E-state index in [1.54, 1.807) is 0 Å². The van der Waals surface area contributed by atoms with E-state index in [-0.39, 0.29) is 12.3 Å². The van der Waals surface area contributed by atoms with Gasteiger partial charge in [-0.05, 0) is 105 Å². The number of unbranched alkanes of at least 4 members (excludes halogenated alkanes) is 2. The lowest BCUT2D eigenvalue weighted by Gasteiger charge is -2.45. The van der Waals surface area contributed by atoms with Crippen LogP contribution in [0.3, 0.4) is 0 Å². The lowest BCUT2D eigenvalue weighted by Crippen LogP contribution is -2.61. The molecule has 2 nitrogen and oxygen atoms in total. The van der Waals surface area contributed by atoms with Crippen LogP contribution in [0.25, 0.3) is 60.2 Å². The summed E-state index contributed by atoms with van der Waals surface area (Å²) >= 11 is 0. The molecule has 0 aliphatic carbocycles. The van der Waals surface area contributed by atoms with Crippen LogP contribution in [0.2, 0.25) is 0 Å². The summed E-state index contributed by atoms with van der Waals surface area (Å²) in [6.45, 7) is 9.44. The lowest BCUT2D eigenvalue weighted by molar-refractivity contribution is 0.637. The quantitative estimate of drug-likeness (QED) is 0.134. The average Bonchev–Trinajstić information content (AvgIpc) is 3.48. The molecule has 3 heteroatoms. The summed E-state index contributed by atoms with van der Waals surface area (Å²) in [6.07, 6.45) is 4.84.